The number of carbonyl (C=O) groups excluding carboxylic acids is 2. The molecule has 0 saturated carbocycles. The molecule has 0 fully saturated rings. The molecule has 2 aromatic carbocycles. The normalized spacial score (nSPS) is 13.9. The molecule has 10 nitrogen and oxygen atoms in total. The highest BCUT2D eigenvalue weighted by molar-refractivity contribution is 5.86. The lowest BCUT2D eigenvalue weighted by Crippen LogP contribution is -2.50. The summed E-state index contributed by atoms with van der Waals surface area (Å²) in [6.45, 7) is -0.153. The Balaban J connectivity index is 1.41. The Hall–Kier alpha value is -4.18. The summed E-state index contributed by atoms with van der Waals surface area (Å²) in [5.41, 5.74) is 4.99. The predicted molar refractivity (Wildman–Crippen MR) is 126 cm³/mol. The monoisotopic (exact) mass is 478 g/mol. The molecule has 182 valence electrons. The summed E-state index contributed by atoms with van der Waals surface area (Å²) in [4.78, 5) is 43.5. The molecule has 4 N–H and O–H groups in total. The molecule has 10 heteroatoms. The van der Waals surface area contributed by atoms with Crippen LogP contribution in [0.4, 0.5) is 4.79 Å². The molecule has 1 unspecified atom stereocenters. The minimum absolute atomic E-state index is 0.100. The van der Waals surface area contributed by atoms with Crippen molar-refractivity contribution < 1.29 is 29.0 Å². The highest BCUT2D eigenvalue weighted by Crippen LogP contribution is 2.44. The summed E-state index contributed by atoms with van der Waals surface area (Å²) in [6.07, 6.45) is 1.15. The first kappa shape index (κ1) is 24.0. The third kappa shape index (κ3) is 5.49. The maximum absolute atomic E-state index is 12.8. The molecule has 3 aromatic rings. The Morgan fingerprint density at radius 1 is 1.09 bits per heavy atom. The minimum Gasteiger partial charge on any atom is -0.479 e. The number of nitrogens with one attached hydrogen (secondary N) is 3. The van der Waals surface area contributed by atoms with E-state index in [9.17, 15) is 14.4 Å². The molecule has 1 aliphatic carbocycles. The van der Waals surface area contributed by atoms with E-state index in [1.54, 1.807) is 0 Å². The molecule has 2 atom stereocenters. The second-order valence-electron chi connectivity index (χ2n) is 8.11. The number of hydrogen-bond acceptors (Lipinski definition) is 6. The van der Waals surface area contributed by atoms with Gasteiger partial charge in [0.1, 0.15) is 12.6 Å². The van der Waals surface area contributed by atoms with Gasteiger partial charge in [-0.25, -0.2) is 14.6 Å². The number of ether oxygens (including phenoxy) is 2. The fraction of sp³-hybridized carbons (Fsp3) is 0.280. The summed E-state index contributed by atoms with van der Waals surface area (Å²) in [7, 11) is 1.24. The van der Waals surface area contributed by atoms with Crippen molar-refractivity contribution in [3.05, 3.63) is 77.9 Å². The van der Waals surface area contributed by atoms with Gasteiger partial charge in [-0.1, -0.05) is 48.5 Å². The Kier molecular flexibility index (Phi) is 7.41. The van der Waals surface area contributed by atoms with E-state index in [0.717, 1.165) is 22.3 Å². The summed E-state index contributed by atoms with van der Waals surface area (Å²) < 4.78 is 10.4. The van der Waals surface area contributed by atoms with Gasteiger partial charge < -0.3 is 30.2 Å². The summed E-state index contributed by atoms with van der Waals surface area (Å²) in [6, 6.07) is 15.0. The fourth-order valence-electron chi connectivity index (χ4n) is 4.20. The molecule has 0 aliphatic heterocycles. The third-order valence-corrected chi connectivity index (χ3v) is 5.95. The van der Waals surface area contributed by atoms with E-state index < -0.39 is 30.1 Å². The number of carboxylic acids is 1. The third-order valence-electron chi connectivity index (χ3n) is 5.95. The number of methoxy groups -OCH3 is 1. The van der Waals surface area contributed by atoms with Crippen LogP contribution in [0, 0.1) is 0 Å². The van der Waals surface area contributed by atoms with Gasteiger partial charge in [0.05, 0.1) is 12.9 Å². The number of rotatable bonds is 10. The summed E-state index contributed by atoms with van der Waals surface area (Å²) in [5, 5.41) is 14.2. The molecule has 35 heavy (non-hydrogen) atoms. The number of fused-ring (bicyclic) bond motifs is 3. The first-order valence-corrected chi connectivity index (χ1v) is 11.1. The Morgan fingerprint density at radius 2 is 1.74 bits per heavy atom. The van der Waals surface area contributed by atoms with Crippen molar-refractivity contribution in [1.82, 2.24) is 20.6 Å². The molecule has 4 rings (SSSR count). The van der Waals surface area contributed by atoms with Gasteiger partial charge >= 0.3 is 12.1 Å². The number of carbonyl (C=O) groups is 3. The van der Waals surface area contributed by atoms with Crippen LogP contribution in [0.3, 0.4) is 0 Å². The van der Waals surface area contributed by atoms with E-state index >= 15 is 0 Å². The molecule has 0 radical (unpaired) electrons. The number of aliphatic carboxylic acids is 1. The second kappa shape index (κ2) is 10.8. The van der Waals surface area contributed by atoms with Gasteiger partial charge in [0.2, 0.25) is 5.91 Å². The Morgan fingerprint density at radius 3 is 2.31 bits per heavy atom. The molecule has 1 aromatic heterocycles. The Labute approximate surface area is 201 Å². The summed E-state index contributed by atoms with van der Waals surface area (Å²) in [5.74, 6) is -1.90. The summed E-state index contributed by atoms with van der Waals surface area (Å²) >= 11 is 0. The maximum atomic E-state index is 12.8. The highest BCUT2D eigenvalue weighted by Gasteiger charge is 2.30. The molecule has 0 spiro atoms. The van der Waals surface area contributed by atoms with Crippen molar-refractivity contribution in [2.24, 2.45) is 0 Å². The van der Waals surface area contributed by atoms with Crippen LogP contribution in [0.15, 0.2) is 61.1 Å². The molecule has 0 bridgehead atoms. The van der Waals surface area contributed by atoms with Gasteiger partial charge in [-0.2, -0.15) is 0 Å². The van der Waals surface area contributed by atoms with Gasteiger partial charge in [-0.05, 0) is 22.3 Å². The molecular weight excluding hydrogens is 452 g/mol. The van der Waals surface area contributed by atoms with E-state index in [-0.39, 0.29) is 25.5 Å². The molecule has 1 heterocycles. The van der Waals surface area contributed by atoms with Gasteiger partial charge in [0.15, 0.2) is 6.10 Å². The van der Waals surface area contributed by atoms with Gasteiger partial charge in [-0.15, -0.1) is 0 Å². The largest absolute Gasteiger partial charge is 0.479 e. The average molecular weight is 479 g/mol. The number of alkyl carbamates (subject to hydrolysis) is 1. The zero-order valence-corrected chi connectivity index (χ0v) is 19.1. The van der Waals surface area contributed by atoms with Gasteiger partial charge in [-0.3, -0.25) is 4.79 Å². The lowest BCUT2D eigenvalue weighted by Gasteiger charge is -2.20. The molecule has 0 saturated heterocycles. The first-order chi connectivity index (χ1) is 17.0. The quantitative estimate of drug-likeness (QED) is 0.349. The van der Waals surface area contributed by atoms with Gasteiger partial charge in [0.25, 0.3) is 0 Å². The number of hydrogen-bond donors (Lipinski definition) is 4. The zero-order valence-electron chi connectivity index (χ0n) is 19.1. The van der Waals surface area contributed by atoms with Crippen LogP contribution in [-0.2, 0) is 25.5 Å². The smallest absolute Gasteiger partial charge is 0.407 e. The maximum Gasteiger partial charge on any atom is 0.407 e. The average Bonchev–Trinajstić information content (AvgIpc) is 3.48. The van der Waals surface area contributed by atoms with E-state index in [1.807, 2.05) is 48.5 Å². The predicted octanol–water partition coefficient (Wildman–Crippen LogP) is 2.08. The van der Waals surface area contributed by atoms with E-state index in [1.165, 1.54) is 19.6 Å². The lowest BCUT2D eigenvalue weighted by atomic mass is 9.98. The number of aromatic nitrogens is 2. The highest BCUT2D eigenvalue weighted by atomic mass is 16.5. The first-order valence-electron chi connectivity index (χ1n) is 11.1. The van der Waals surface area contributed by atoms with Crippen LogP contribution >= 0.6 is 0 Å². The van der Waals surface area contributed by atoms with Crippen molar-refractivity contribution in [1.29, 1.82) is 0 Å². The number of imidazole rings is 1. The van der Waals surface area contributed by atoms with Crippen molar-refractivity contribution >= 4 is 18.0 Å². The number of aromatic amines is 1. The van der Waals surface area contributed by atoms with Crippen molar-refractivity contribution in [2.45, 2.75) is 24.5 Å². The minimum atomic E-state index is -1.21. The standard InChI is InChI=1S/C25H26N4O6/c1-34-22(24(31)32)12-27-23(30)21(10-15-11-26-14-28-15)29-25(33)35-13-20-18-8-4-2-6-16(18)17-7-3-5-9-19(17)20/h2-9,11,14,20-22H,10,12-13H2,1H3,(H,26,28)(H,27,30)(H,29,33)(H,31,32)/t21-,22?/m1/s1. The van der Waals surface area contributed by atoms with Crippen molar-refractivity contribution in [3.8, 4) is 11.1 Å². The second-order valence-corrected chi connectivity index (χ2v) is 8.11. The topological polar surface area (TPSA) is 143 Å². The van der Waals surface area contributed by atoms with Gasteiger partial charge in [0, 0.05) is 31.3 Å². The number of benzene rings is 2. The SMILES string of the molecule is COC(CNC(=O)[C@@H](Cc1cnc[nH]1)NC(=O)OCC1c2ccccc2-c2ccccc21)C(=O)O. The number of nitrogens with zero attached hydrogens (tertiary/aromatic N) is 1. The van der Waals surface area contributed by atoms with E-state index in [4.69, 9.17) is 14.6 Å². The Bertz CT molecular complexity index is 1150. The van der Waals surface area contributed by atoms with Crippen LogP contribution in [-0.4, -0.2) is 65.5 Å². The van der Waals surface area contributed by atoms with E-state index in [2.05, 4.69) is 20.6 Å². The number of carboxylic acid groups (broad SMARTS) is 1. The number of H-pyrrole nitrogens is 1. The van der Waals surface area contributed by atoms with Crippen LogP contribution in [0.5, 0.6) is 0 Å². The zero-order chi connectivity index (χ0) is 24.8. The van der Waals surface area contributed by atoms with Crippen LogP contribution in [0.2, 0.25) is 0 Å². The fourth-order valence-corrected chi connectivity index (χ4v) is 4.20. The number of amides is 2. The van der Waals surface area contributed by atoms with Crippen LogP contribution < -0.4 is 10.6 Å². The lowest BCUT2D eigenvalue weighted by molar-refractivity contribution is -0.148. The van der Waals surface area contributed by atoms with Crippen molar-refractivity contribution in [3.63, 3.8) is 0 Å². The van der Waals surface area contributed by atoms with Crippen LogP contribution in [0.25, 0.3) is 11.1 Å². The van der Waals surface area contributed by atoms with Crippen LogP contribution in [0.1, 0.15) is 22.7 Å². The molecule has 2 amide bonds. The molecule has 1 aliphatic rings. The van der Waals surface area contributed by atoms with E-state index in [0.29, 0.717) is 5.69 Å². The van der Waals surface area contributed by atoms with Crippen molar-refractivity contribution in [2.75, 3.05) is 20.3 Å². The molecular formula is C25H26N4O6.